The highest BCUT2D eigenvalue weighted by molar-refractivity contribution is 6.32. The molecule has 1 unspecified atom stereocenters. The molecular formula is C19H22ClN3O3. The van der Waals surface area contributed by atoms with Gasteiger partial charge in [-0.25, -0.2) is 9.97 Å². The molecule has 0 saturated carbocycles. The fourth-order valence-corrected chi connectivity index (χ4v) is 3.31. The third-order valence-electron chi connectivity index (χ3n) is 4.57. The van der Waals surface area contributed by atoms with E-state index in [1.807, 2.05) is 26.0 Å². The lowest BCUT2D eigenvalue weighted by Crippen LogP contribution is -2.53. The first-order chi connectivity index (χ1) is 12.4. The quantitative estimate of drug-likeness (QED) is 0.889. The van der Waals surface area contributed by atoms with E-state index < -0.39 is 5.60 Å². The van der Waals surface area contributed by atoms with Crippen molar-refractivity contribution < 1.29 is 14.6 Å². The summed E-state index contributed by atoms with van der Waals surface area (Å²) in [5, 5.41) is 11.6. The van der Waals surface area contributed by atoms with E-state index in [4.69, 9.17) is 16.3 Å². The number of carbonyl (C=O) groups excluding carboxylic acids is 1. The SMILES string of the molecule is Cc1cc(OCC2(O)CCCN(C(=O)c3cncnc3)C2)cc(C)c1Cl. The van der Waals surface area contributed by atoms with Crippen molar-refractivity contribution in [1.82, 2.24) is 14.9 Å². The third kappa shape index (κ3) is 4.14. The van der Waals surface area contributed by atoms with Crippen molar-refractivity contribution in [1.29, 1.82) is 0 Å². The summed E-state index contributed by atoms with van der Waals surface area (Å²) in [7, 11) is 0. The van der Waals surface area contributed by atoms with Crippen LogP contribution in [-0.4, -0.2) is 51.2 Å². The van der Waals surface area contributed by atoms with Crippen molar-refractivity contribution in [3.8, 4) is 5.75 Å². The van der Waals surface area contributed by atoms with Crippen molar-refractivity contribution >= 4 is 17.5 Å². The van der Waals surface area contributed by atoms with Gasteiger partial charge in [-0.3, -0.25) is 4.79 Å². The van der Waals surface area contributed by atoms with E-state index in [2.05, 4.69) is 9.97 Å². The van der Waals surface area contributed by atoms with Gasteiger partial charge in [0.1, 0.15) is 24.3 Å². The standard InChI is InChI=1S/C19H22ClN3O3/c1-13-6-16(7-14(2)17(13)20)26-11-19(25)4-3-5-23(10-19)18(24)15-8-21-12-22-9-15/h6-9,12,25H,3-5,10-11H2,1-2H3. The lowest BCUT2D eigenvalue weighted by Gasteiger charge is -2.38. The Morgan fingerprint density at radius 3 is 2.62 bits per heavy atom. The first kappa shape index (κ1) is 18.6. The van der Waals surface area contributed by atoms with Gasteiger partial charge in [-0.15, -0.1) is 0 Å². The lowest BCUT2D eigenvalue weighted by atomic mass is 9.93. The van der Waals surface area contributed by atoms with Gasteiger partial charge < -0.3 is 14.7 Å². The Kier molecular flexibility index (Phi) is 5.44. The number of piperidine rings is 1. The minimum atomic E-state index is -1.09. The molecule has 1 atom stereocenters. The van der Waals surface area contributed by atoms with Crippen molar-refractivity contribution in [2.75, 3.05) is 19.7 Å². The molecule has 1 aromatic carbocycles. The number of hydrogen-bond donors (Lipinski definition) is 1. The number of nitrogens with zero attached hydrogens (tertiary/aromatic N) is 3. The molecule has 0 spiro atoms. The van der Waals surface area contributed by atoms with E-state index in [-0.39, 0.29) is 19.1 Å². The maximum Gasteiger partial charge on any atom is 0.257 e. The number of aromatic nitrogens is 2. The molecular weight excluding hydrogens is 354 g/mol. The molecule has 6 nitrogen and oxygen atoms in total. The summed E-state index contributed by atoms with van der Waals surface area (Å²) in [5.41, 5.74) is 1.18. The number of aryl methyl sites for hydroxylation is 2. The highest BCUT2D eigenvalue weighted by Crippen LogP contribution is 2.28. The van der Waals surface area contributed by atoms with Crippen LogP contribution < -0.4 is 4.74 Å². The number of benzene rings is 1. The zero-order chi connectivity index (χ0) is 18.7. The Hall–Kier alpha value is -2.18. The molecule has 0 bridgehead atoms. The number of rotatable bonds is 4. The molecule has 1 amide bonds. The maximum atomic E-state index is 12.6. The first-order valence-corrected chi connectivity index (χ1v) is 8.92. The average molecular weight is 376 g/mol. The third-order valence-corrected chi connectivity index (χ3v) is 5.16. The Bertz CT molecular complexity index is 777. The van der Waals surface area contributed by atoms with E-state index in [9.17, 15) is 9.90 Å². The summed E-state index contributed by atoms with van der Waals surface area (Å²) in [6.07, 6.45) is 5.64. The summed E-state index contributed by atoms with van der Waals surface area (Å²) in [5.74, 6) is 0.486. The van der Waals surface area contributed by atoms with Crippen LogP contribution in [0.4, 0.5) is 0 Å². The summed E-state index contributed by atoms with van der Waals surface area (Å²) in [6, 6.07) is 3.71. The topological polar surface area (TPSA) is 75.6 Å². The van der Waals surface area contributed by atoms with Gasteiger partial charge in [0, 0.05) is 24.0 Å². The Balaban J connectivity index is 1.67. The number of carbonyl (C=O) groups is 1. The maximum absolute atomic E-state index is 12.6. The monoisotopic (exact) mass is 375 g/mol. The largest absolute Gasteiger partial charge is 0.491 e. The van der Waals surface area contributed by atoms with Gasteiger partial charge in [-0.1, -0.05) is 11.6 Å². The summed E-state index contributed by atoms with van der Waals surface area (Å²) < 4.78 is 5.83. The molecule has 3 rings (SSSR count). The lowest BCUT2D eigenvalue weighted by molar-refractivity contribution is -0.0532. The molecule has 2 aromatic rings. The Labute approximate surface area is 157 Å². The van der Waals surface area contributed by atoms with Gasteiger partial charge in [-0.05, 0) is 49.9 Å². The van der Waals surface area contributed by atoms with Gasteiger partial charge in [0.2, 0.25) is 0 Å². The smallest absolute Gasteiger partial charge is 0.257 e. The van der Waals surface area contributed by atoms with E-state index in [1.165, 1.54) is 18.7 Å². The molecule has 0 aliphatic carbocycles. The predicted octanol–water partition coefficient (Wildman–Crippen LogP) is 2.79. The fraction of sp³-hybridized carbons (Fsp3) is 0.421. The van der Waals surface area contributed by atoms with E-state index in [0.717, 1.165) is 16.1 Å². The van der Waals surface area contributed by atoms with Gasteiger partial charge in [-0.2, -0.15) is 0 Å². The van der Waals surface area contributed by atoms with Crippen LogP contribution >= 0.6 is 11.6 Å². The van der Waals surface area contributed by atoms with Crippen molar-refractivity contribution in [2.45, 2.75) is 32.3 Å². The highest BCUT2D eigenvalue weighted by Gasteiger charge is 2.36. The number of likely N-dealkylation sites (tertiary alicyclic amines) is 1. The molecule has 1 aromatic heterocycles. The normalized spacial score (nSPS) is 20.1. The number of amides is 1. The van der Waals surface area contributed by atoms with Crippen LogP contribution in [0.2, 0.25) is 5.02 Å². The van der Waals surface area contributed by atoms with Crippen LogP contribution in [0, 0.1) is 13.8 Å². The number of aliphatic hydroxyl groups is 1. The van der Waals surface area contributed by atoms with Crippen molar-refractivity contribution in [3.05, 3.63) is 52.6 Å². The molecule has 1 fully saturated rings. The van der Waals surface area contributed by atoms with Crippen molar-refractivity contribution in [3.63, 3.8) is 0 Å². The number of hydrogen-bond acceptors (Lipinski definition) is 5. The highest BCUT2D eigenvalue weighted by atomic mass is 35.5. The summed E-state index contributed by atoms with van der Waals surface area (Å²) in [4.78, 5) is 22.0. The van der Waals surface area contributed by atoms with Crippen LogP contribution in [-0.2, 0) is 0 Å². The van der Waals surface area contributed by atoms with Gasteiger partial charge in [0.05, 0.1) is 12.1 Å². The Morgan fingerprint density at radius 2 is 1.96 bits per heavy atom. The van der Waals surface area contributed by atoms with E-state index in [1.54, 1.807) is 4.90 Å². The van der Waals surface area contributed by atoms with Gasteiger partial charge >= 0.3 is 0 Å². The zero-order valence-corrected chi connectivity index (χ0v) is 15.7. The summed E-state index contributed by atoms with van der Waals surface area (Å²) >= 11 is 6.18. The molecule has 138 valence electrons. The number of halogens is 1. The minimum Gasteiger partial charge on any atom is -0.491 e. The van der Waals surface area contributed by atoms with Crippen LogP contribution in [0.25, 0.3) is 0 Å². The summed E-state index contributed by atoms with van der Waals surface area (Å²) in [6.45, 7) is 4.75. The molecule has 7 heteroatoms. The number of ether oxygens (including phenoxy) is 1. The second-order valence-electron chi connectivity index (χ2n) is 6.84. The molecule has 1 aliphatic heterocycles. The number of β-amino-alcohol motifs (C(OH)–C–C–N with tert-alkyl or cyclic N) is 1. The average Bonchev–Trinajstić information content (AvgIpc) is 2.64. The zero-order valence-electron chi connectivity index (χ0n) is 14.9. The molecule has 26 heavy (non-hydrogen) atoms. The van der Waals surface area contributed by atoms with Crippen LogP contribution in [0.3, 0.4) is 0 Å². The molecule has 2 heterocycles. The van der Waals surface area contributed by atoms with Crippen LogP contribution in [0.15, 0.2) is 30.9 Å². The van der Waals surface area contributed by atoms with E-state index >= 15 is 0 Å². The molecule has 0 radical (unpaired) electrons. The predicted molar refractivity (Wildman–Crippen MR) is 98.5 cm³/mol. The molecule has 1 saturated heterocycles. The van der Waals surface area contributed by atoms with Crippen LogP contribution in [0.5, 0.6) is 5.75 Å². The second-order valence-corrected chi connectivity index (χ2v) is 7.22. The Morgan fingerprint density at radius 1 is 1.31 bits per heavy atom. The van der Waals surface area contributed by atoms with Gasteiger partial charge in [0.15, 0.2) is 0 Å². The van der Waals surface area contributed by atoms with E-state index in [0.29, 0.717) is 30.7 Å². The minimum absolute atomic E-state index is 0.114. The molecule has 1 N–H and O–H groups in total. The van der Waals surface area contributed by atoms with Crippen molar-refractivity contribution in [2.24, 2.45) is 0 Å². The van der Waals surface area contributed by atoms with Crippen LogP contribution in [0.1, 0.15) is 34.3 Å². The molecule has 1 aliphatic rings. The van der Waals surface area contributed by atoms with Gasteiger partial charge in [0.25, 0.3) is 5.91 Å². The first-order valence-electron chi connectivity index (χ1n) is 8.54. The second kappa shape index (κ2) is 7.60. The fourth-order valence-electron chi connectivity index (χ4n) is 3.20.